The molecular weight excluding hydrogens is 224 g/mol. The molecular formula is C11H13ClN4. The Bertz CT molecular complexity index is 519. The molecule has 2 heterocycles. The minimum Gasteiger partial charge on any atom is -0.288 e. The molecule has 0 amide bonds. The Labute approximate surface area is 99.3 Å². The lowest BCUT2D eigenvalue weighted by Crippen LogP contribution is -2.06. The van der Waals surface area contributed by atoms with Crippen LogP contribution in [-0.2, 0) is 6.42 Å². The minimum atomic E-state index is 0.509. The quantitative estimate of drug-likeness (QED) is 0.753. The largest absolute Gasteiger partial charge is 0.288 e. The van der Waals surface area contributed by atoms with Crippen LogP contribution in [0.25, 0.3) is 5.82 Å². The number of imidazole rings is 1. The molecule has 0 radical (unpaired) electrons. The molecule has 2 aromatic rings. The van der Waals surface area contributed by atoms with Crippen LogP contribution in [0.5, 0.6) is 0 Å². The molecule has 0 unspecified atom stereocenters. The summed E-state index contributed by atoms with van der Waals surface area (Å²) < 4.78 is 1.92. The lowest BCUT2D eigenvalue weighted by molar-refractivity contribution is 0.854. The Morgan fingerprint density at radius 2 is 2.06 bits per heavy atom. The second-order valence-corrected chi connectivity index (χ2v) is 3.94. The maximum atomic E-state index is 6.08. The standard InChI is InChI=1S/C11H13ClN4/c1-4-9-14-10(12)7(2)11(15-9)16-6-5-13-8(16)3/h5-6H,4H2,1-3H3. The van der Waals surface area contributed by atoms with Gasteiger partial charge in [0.2, 0.25) is 0 Å². The second-order valence-electron chi connectivity index (χ2n) is 3.58. The molecule has 0 spiro atoms. The van der Waals surface area contributed by atoms with Crippen molar-refractivity contribution in [2.75, 3.05) is 0 Å². The number of aryl methyl sites for hydroxylation is 2. The number of halogens is 1. The molecule has 4 nitrogen and oxygen atoms in total. The summed E-state index contributed by atoms with van der Waals surface area (Å²) in [6.45, 7) is 5.85. The van der Waals surface area contributed by atoms with E-state index in [1.54, 1.807) is 6.20 Å². The van der Waals surface area contributed by atoms with Gasteiger partial charge in [-0.2, -0.15) is 0 Å². The molecule has 5 heteroatoms. The molecule has 0 saturated heterocycles. The summed E-state index contributed by atoms with van der Waals surface area (Å²) in [5, 5.41) is 0.509. The summed E-state index contributed by atoms with van der Waals surface area (Å²) in [4.78, 5) is 12.9. The van der Waals surface area contributed by atoms with E-state index in [4.69, 9.17) is 11.6 Å². The Morgan fingerprint density at radius 1 is 1.31 bits per heavy atom. The van der Waals surface area contributed by atoms with Crippen LogP contribution in [0.15, 0.2) is 12.4 Å². The monoisotopic (exact) mass is 236 g/mol. The van der Waals surface area contributed by atoms with E-state index in [2.05, 4.69) is 15.0 Å². The average Bonchev–Trinajstić information content (AvgIpc) is 2.68. The van der Waals surface area contributed by atoms with Crippen LogP contribution in [0.1, 0.15) is 24.1 Å². The van der Waals surface area contributed by atoms with E-state index in [-0.39, 0.29) is 0 Å². The molecule has 0 N–H and O–H groups in total. The fourth-order valence-corrected chi connectivity index (χ4v) is 1.70. The van der Waals surface area contributed by atoms with Crippen LogP contribution < -0.4 is 0 Å². The molecule has 0 aliphatic heterocycles. The Morgan fingerprint density at radius 3 is 2.62 bits per heavy atom. The van der Waals surface area contributed by atoms with Gasteiger partial charge in [0.25, 0.3) is 0 Å². The van der Waals surface area contributed by atoms with Gasteiger partial charge in [-0.15, -0.1) is 0 Å². The van der Waals surface area contributed by atoms with Crippen molar-refractivity contribution in [2.24, 2.45) is 0 Å². The molecule has 0 fully saturated rings. The third kappa shape index (κ3) is 1.80. The average molecular weight is 237 g/mol. The molecule has 84 valence electrons. The molecule has 0 aliphatic rings. The fourth-order valence-electron chi connectivity index (χ4n) is 1.51. The van der Waals surface area contributed by atoms with E-state index < -0.39 is 0 Å². The van der Waals surface area contributed by atoms with Crippen LogP contribution in [0.3, 0.4) is 0 Å². The van der Waals surface area contributed by atoms with Crippen molar-refractivity contribution in [1.82, 2.24) is 19.5 Å². The summed E-state index contributed by atoms with van der Waals surface area (Å²) in [7, 11) is 0. The first-order chi connectivity index (χ1) is 7.63. The molecule has 0 atom stereocenters. The highest BCUT2D eigenvalue weighted by Crippen LogP contribution is 2.20. The van der Waals surface area contributed by atoms with Crippen molar-refractivity contribution in [3.8, 4) is 5.82 Å². The van der Waals surface area contributed by atoms with Gasteiger partial charge in [0, 0.05) is 24.4 Å². The van der Waals surface area contributed by atoms with Gasteiger partial charge in [-0.25, -0.2) is 15.0 Å². The third-order valence-electron chi connectivity index (χ3n) is 2.48. The fraction of sp³-hybridized carbons (Fsp3) is 0.364. The van der Waals surface area contributed by atoms with Gasteiger partial charge in [-0.1, -0.05) is 18.5 Å². The second kappa shape index (κ2) is 4.22. The molecule has 0 aliphatic carbocycles. The molecule has 2 rings (SSSR count). The van der Waals surface area contributed by atoms with Gasteiger partial charge >= 0.3 is 0 Å². The number of hydrogen-bond donors (Lipinski definition) is 0. The first-order valence-corrected chi connectivity index (χ1v) is 5.54. The molecule has 0 bridgehead atoms. The van der Waals surface area contributed by atoms with E-state index in [0.29, 0.717) is 5.15 Å². The highest BCUT2D eigenvalue weighted by Gasteiger charge is 2.11. The van der Waals surface area contributed by atoms with Crippen LogP contribution >= 0.6 is 11.6 Å². The van der Waals surface area contributed by atoms with Crippen LogP contribution in [0, 0.1) is 13.8 Å². The molecule has 16 heavy (non-hydrogen) atoms. The lowest BCUT2D eigenvalue weighted by atomic mass is 10.3. The normalized spacial score (nSPS) is 10.8. The van der Waals surface area contributed by atoms with Crippen molar-refractivity contribution in [2.45, 2.75) is 27.2 Å². The van der Waals surface area contributed by atoms with Crippen molar-refractivity contribution >= 4 is 11.6 Å². The zero-order valence-electron chi connectivity index (χ0n) is 9.53. The maximum absolute atomic E-state index is 6.08. The first kappa shape index (κ1) is 11.1. The smallest absolute Gasteiger partial charge is 0.146 e. The topological polar surface area (TPSA) is 43.6 Å². The molecule has 0 aromatic carbocycles. The van der Waals surface area contributed by atoms with Gasteiger partial charge < -0.3 is 0 Å². The minimum absolute atomic E-state index is 0.509. The maximum Gasteiger partial charge on any atom is 0.146 e. The third-order valence-corrected chi connectivity index (χ3v) is 2.85. The van der Waals surface area contributed by atoms with E-state index >= 15 is 0 Å². The highest BCUT2D eigenvalue weighted by atomic mass is 35.5. The zero-order chi connectivity index (χ0) is 11.7. The Kier molecular flexibility index (Phi) is 2.92. The molecule has 0 saturated carbocycles. The van der Waals surface area contributed by atoms with Crippen LogP contribution in [0.2, 0.25) is 5.15 Å². The van der Waals surface area contributed by atoms with E-state index in [0.717, 1.165) is 29.5 Å². The van der Waals surface area contributed by atoms with Crippen molar-refractivity contribution in [3.05, 3.63) is 34.8 Å². The van der Waals surface area contributed by atoms with Crippen molar-refractivity contribution in [3.63, 3.8) is 0 Å². The summed E-state index contributed by atoms with van der Waals surface area (Å²) in [5.74, 6) is 2.45. The first-order valence-electron chi connectivity index (χ1n) is 5.16. The predicted molar refractivity (Wildman–Crippen MR) is 63.0 cm³/mol. The number of aromatic nitrogens is 4. The van der Waals surface area contributed by atoms with Gasteiger partial charge in [-0.05, 0) is 13.8 Å². The SMILES string of the molecule is CCc1nc(Cl)c(C)c(-n2ccnc2C)n1. The summed E-state index contributed by atoms with van der Waals surface area (Å²) >= 11 is 6.08. The van der Waals surface area contributed by atoms with Gasteiger partial charge in [0.05, 0.1) is 0 Å². The number of hydrogen-bond acceptors (Lipinski definition) is 3. The van der Waals surface area contributed by atoms with Gasteiger partial charge in [0.1, 0.15) is 22.6 Å². The zero-order valence-corrected chi connectivity index (χ0v) is 10.3. The van der Waals surface area contributed by atoms with Gasteiger partial charge in [-0.3, -0.25) is 4.57 Å². The number of rotatable bonds is 2. The Hall–Kier alpha value is -1.42. The summed E-state index contributed by atoms with van der Waals surface area (Å²) in [6, 6.07) is 0. The highest BCUT2D eigenvalue weighted by molar-refractivity contribution is 6.30. The van der Waals surface area contributed by atoms with Crippen molar-refractivity contribution in [1.29, 1.82) is 0 Å². The number of nitrogens with zero attached hydrogens (tertiary/aromatic N) is 4. The van der Waals surface area contributed by atoms with Gasteiger partial charge in [0.15, 0.2) is 0 Å². The van der Waals surface area contributed by atoms with E-state index in [1.165, 1.54) is 0 Å². The predicted octanol–water partition coefficient (Wildman–Crippen LogP) is 2.49. The summed E-state index contributed by atoms with van der Waals surface area (Å²) in [5.41, 5.74) is 0.875. The lowest BCUT2D eigenvalue weighted by Gasteiger charge is -2.10. The van der Waals surface area contributed by atoms with Crippen LogP contribution in [-0.4, -0.2) is 19.5 Å². The summed E-state index contributed by atoms with van der Waals surface area (Å²) in [6.07, 6.45) is 4.39. The van der Waals surface area contributed by atoms with Crippen molar-refractivity contribution < 1.29 is 0 Å². The van der Waals surface area contributed by atoms with Crippen LogP contribution in [0.4, 0.5) is 0 Å². The Balaban J connectivity index is 2.64. The molecule has 2 aromatic heterocycles. The van der Waals surface area contributed by atoms with E-state index in [1.807, 2.05) is 31.5 Å². The van der Waals surface area contributed by atoms with E-state index in [9.17, 15) is 0 Å².